The minimum Gasteiger partial charge on any atom is -0.349 e. The van der Waals surface area contributed by atoms with Gasteiger partial charge in [-0.05, 0) is 36.8 Å². The minimum atomic E-state index is -3.01. The monoisotopic (exact) mass is 366 g/mol. The number of nitrogens with one attached hydrogen (secondary N) is 1. The first kappa shape index (κ1) is 16.8. The molecule has 0 aliphatic carbocycles. The van der Waals surface area contributed by atoms with Gasteiger partial charge >= 0.3 is 0 Å². The number of rotatable bonds is 4. The van der Waals surface area contributed by atoms with E-state index in [1.165, 1.54) is 29.5 Å². The highest BCUT2D eigenvalue weighted by molar-refractivity contribution is 7.91. The molecule has 1 fully saturated rings. The van der Waals surface area contributed by atoms with Crippen molar-refractivity contribution in [2.24, 2.45) is 0 Å². The van der Waals surface area contributed by atoms with E-state index in [1.807, 2.05) is 0 Å². The van der Waals surface area contributed by atoms with Crippen molar-refractivity contribution < 1.29 is 17.6 Å². The molecule has 24 heavy (non-hydrogen) atoms. The molecule has 1 atom stereocenters. The van der Waals surface area contributed by atoms with E-state index in [0.717, 1.165) is 10.6 Å². The van der Waals surface area contributed by atoms with Crippen LogP contribution in [0.4, 0.5) is 4.39 Å². The van der Waals surface area contributed by atoms with Gasteiger partial charge in [0.2, 0.25) is 5.91 Å². The van der Waals surface area contributed by atoms with Crippen LogP contribution in [0.2, 0.25) is 0 Å². The second kappa shape index (κ2) is 6.82. The maximum absolute atomic E-state index is 12.9. The number of hydrogen-bond donors (Lipinski definition) is 1. The number of benzene rings is 1. The van der Waals surface area contributed by atoms with Gasteiger partial charge < -0.3 is 5.32 Å². The van der Waals surface area contributed by atoms with E-state index >= 15 is 0 Å². The second-order valence-corrected chi connectivity index (χ2v) is 8.61. The van der Waals surface area contributed by atoms with Crippen molar-refractivity contribution in [1.29, 1.82) is 0 Å². The SMILES string of the molecule is O=C(C=Cc1csc(-c2ccc(F)cc2)n1)NC1CCS(=O)(=O)C1. The standard InChI is InChI=1S/C16H15FN2O3S2/c17-12-3-1-11(2-4-12)16-19-13(9-23-16)5-6-15(20)18-14-7-8-24(21,22)10-14/h1-6,9,14H,7-8,10H2,(H,18,20). The van der Waals surface area contributed by atoms with Crippen molar-refractivity contribution in [3.63, 3.8) is 0 Å². The summed E-state index contributed by atoms with van der Waals surface area (Å²) in [6.07, 6.45) is 3.37. The molecular weight excluding hydrogens is 351 g/mol. The van der Waals surface area contributed by atoms with Crippen LogP contribution in [-0.2, 0) is 14.6 Å². The largest absolute Gasteiger partial charge is 0.349 e. The molecule has 2 heterocycles. The maximum atomic E-state index is 12.9. The summed E-state index contributed by atoms with van der Waals surface area (Å²) >= 11 is 1.40. The van der Waals surface area contributed by atoms with Crippen molar-refractivity contribution in [3.8, 4) is 10.6 Å². The molecule has 1 aliphatic heterocycles. The molecule has 1 aromatic heterocycles. The minimum absolute atomic E-state index is 0.00199. The Hall–Kier alpha value is -2.06. The Labute approximate surface area is 143 Å². The van der Waals surface area contributed by atoms with Gasteiger partial charge in [0.05, 0.1) is 17.2 Å². The van der Waals surface area contributed by atoms with Gasteiger partial charge in [-0.2, -0.15) is 0 Å². The van der Waals surface area contributed by atoms with E-state index in [9.17, 15) is 17.6 Å². The Bertz CT molecular complexity index is 873. The lowest BCUT2D eigenvalue weighted by Gasteiger charge is -2.07. The van der Waals surface area contributed by atoms with E-state index in [-0.39, 0.29) is 29.3 Å². The molecule has 0 spiro atoms. The number of carbonyl (C=O) groups is 1. The molecule has 8 heteroatoms. The average molecular weight is 366 g/mol. The first-order valence-electron chi connectivity index (χ1n) is 7.32. The number of carbonyl (C=O) groups excluding carboxylic acids is 1. The molecule has 0 saturated carbocycles. The van der Waals surface area contributed by atoms with Crippen molar-refractivity contribution >= 4 is 33.2 Å². The zero-order chi connectivity index (χ0) is 17.2. The van der Waals surface area contributed by atoms with Gasteiger partial charge in [-0.25, -0.2) is 17.8 Å². The number of thiazole rings is 1. The molecule has 1 aliphatic rings. The number of halogens is 1. The molecule has 1 aromatic carbocycles. The van der Waals surface area contributed by atoms with Crippen molar-refractivity contribution in [2.75, 3.05) is 11.5 Å². The van der Waals surface area contributed by atoms with Gasteiger partial charge in [-0.3, -0.25) is 4.79 Å². The Morgan fingerprint density at radius 1 is 1.33 bits per heavy atom. The first-order valence-corrected chi connectivity index (χ1v) is 10.0. The quantitative estimate of drug-likeness (QED) is 0.842. The summed E-state index contributed by atoms with van der Waals surface area (Å²) in [5.74, 6) is -0.526. The van der Waals surface area contributed by atoms with Crippen molar-refractivity contribution in [2.45, 2.75) is 12.5 Å². The molecule has 1 unspecified atom stereocenters. The summed E-state index contributed by atoms with van der Waals surface area (Å²) in [5.41, 5.74) is 1.43. The van der Waals surface area contributed by atoms with Gasteiger partial charge in [0, 0.05) is 23.1 Å². The fourth-order valence-electron chi connectivity index (χ4n) is 2.41. The van der Waals surface area contributed by atoms with Crippen LogP contribution in [0.5, 0.6) is 0 Å². The van der Waals surface area contributed by atoms with Crippen LogP contribution in [0.3, 0.4) is 0 Å². The number of hydrogen-bond acceptors (Lipinski definition) is 5. The lowest BCUT2D eigenvalue weighted by molar-refractivity contribution is -0.116. The van der Waals surface area contributed by atoms with E-state index < -0.39 is 9.84 Å². The molecule has 0 radical (unpaired) electrons. The molecule has 5 nitrogen and oxygen atoms in total. The van der Waals surface area contributed by atoms with Crippen molar-refractivity contribution in [1.82, 2.24) is 10.3 Å². The zero-order valence-corrected chi connectivity index (χ0v) is 14.2. The van der Waals surface area contributed by atoms with E-state index in [2.05, 4.69) is 10.3 Å². The molecular formula is C16H15FN2O3S2. The van der Waals surface area contributed by atoms with Crippen LogP contribution in [-0.4, -0.2) is 36.9 Å². The highest BCUT2D eigenvalue weighted by Gasteiger charge is 2.28. The van der Waals surface area contributed by atoms with E-state index in [1.54, 1.807) is 23.6 Å². The third-order valence-corrected chi connectivity index (χ3v) is 6.27. The molecule has 2 aromatic rings. The Morgan fingerprint density at radius 2 is 2.08 bits per heavy atom. The molecule has 1 saturated heterocycles. The Balaban J connectivity index is 1.61. The number of sulfone groups is 1. The Kier molecular flexibility index (Phi) is 4.77. The van der Waals surface area contributed by atoms with Crippen LogP contribution in [0.15, 0.2) is 35.7 Å². The summed E-state index contributed by atoms with van der Waals surface area (Å²) in [6, 6.07) is 5.71. The van der Waals surface area contributed by atoms with Crippen molar-refractivity contribution in [3.05, 3.63) is 47.2 Å². The van der Waals surface area contributed by atoms with Gasteiger partial charge in [0.1, 0.15) is 10.8 Å². The van der Waals surface area contributed by atoms with Gasteiger partial charge in [0.25, 0.3) is 0 Å². The third-order valence-electron chi connectivity index (χ3n) is 3.60. The first-order chi connectivity index (χ1) is 11.4. The highest BCUT2D eigenvalue weighted by Crippen LogP contribution is 2.24. The summed E-state index contributed by atoms with van der Waals surface area (Å²) in [5, 5.41) is 5.21. The van der Waals surface area contributed by atoms with Crippen LogP contribution in [0, 0.1) is 5.82 Å². The molecule has 126 valence electrons. The van der Waals surface area contributed by atoms with Gasteiger partial charge in [-0.15, -0.1) is 11.3 Å². The lowest BCUT2D eigenvalue weighted by atomic mass is 10.2. The normalized spacial score (nSPS) is 19.6. The summed E-state index contributed by atoms with van der Waals surface area (Å²) < 4.78 is 35.6. The van der Waals surface area contributed by atoms with E-state index in [0.29, 0.717) is 12.1 Å². The fourth-order valence-corrected chi connectivity index (χ4v) is 4.87. The summed E-state index contributed by atoms with van der Waals surface area (Å²) in [4.78, 5) is 16.2. The number of nitrogens with zero attached hydrogens (tertiary/aromatic N) is 1. The average Bonchev–Trinajstić information content (AvgIpc) is 3.12. The van der Waals surface area contributed by atoms with Crippen LogP contribution < -0.4 is 5.32 Å². The predicted molar refractivity (Wildman–Crippen MR) is 91.7 cm³/mol. The van der Waals surface area contributed by atoms with Crippen LogP contribution >= 0.6 is 11.3 Å². The van der Waals surface area contributed by atoms with E-state index in [4.69, 9.17) is 0 Å². The fraction of sp³-hybridized carbons (Fsp3) is 0.250. The maximum Gasteiger partial charge on any atom is 0.244 e. The zero-order valence-electron chi connectivity index (χ0n) is 12.6. The molecule has 0 bridgehead atoms. The highest BCUT2D eigenvalue weighted by atomic mass is 32.2. The second-order valence-electron chi connectivity index (χ2n) is 5.53. The van der Waals surface area contributed by atoms with Crippen LogP contribution in [0.1, 0.15) is 12.1 Å². The predicted octanol–water partition coefficient (Wildman–Crippen LogP) is 2.27. The lowest BCUT2D eigenvalue weighted by Crippen LogP contribution is -2.34. The summed E-state index contributed by atoms with van der Waals surface area (Å²) in [6.45, 7) is 0. The number of aromatic nitrogens is 1. The van der Waals surface area contributed by atoms with Gasteiger partial charge in [-0.1, -0.05) is 0 Å². The molecule has 1 amide bonds. The molecule has 1 N–H and O–H groups in total. The summed E-state index contributed by atoms with van der Waals surface area (Å²) in [7, 11) is -3.01. The van der Waals surface area contributed by atoms with Crippen LogP contribution in [0.25, 0.3) is 16.6 Å². The third kappa shape index (κ3) is 4.27. The smallest absolute Gasteiger partial charge is 0.244 e. The Morgan fingerprint density at radius 3 is 2.75 bits per heavy atom. The topological polar surface area (TPSA) is 76.1 Å². The molecule has 3 rings (SSSR count). The van der Waals surface area contributed by atoms with Gasteiger partial charge in [0.15, 0.2) is 9.84 Å². The number of amides is 1.